The molecule has 2 fully saturated rings. The summed E-state index contributed by atoms with van der Waals surface area (Å²) in [4.78, 5) is 15.9. The van der Waals surface area contributed by atoms with Crippen molar-refractivity contribution in [2.75, 3.05) is 31.1 Å². The summed E-state index contributed by atoms with van der Waals surface area (Å²) in [6, 6.07) is 4.19. The second-order valence-electron chi connectivity index (χ2n) is 10.2. The number of hydrogen-bond acceptors (Lipinski definition) is 3. The largest absolute Gasteiger partial charge is 0.481 e. The van der Waals surface area contributed by atoms with Crippen LogP contribution in [0.2, 0.25) is 0 Å². The van der Waals surface area contributed by atoms with Crippen molar-refractivity contribution in [3.63, 3.8) is 0 Å². The third kappa shape index (κ3) is 6.03. The van der Waals surface area contributed by atoms with Crippen molar-refractivity contribution in [1.29, 1.82) is 0 Å². The van der Waals surface area contributed by atoms with Gasteiger partial charge in [0.05, 0.1) is 11.5 Å². The third-order valence-electron chi connectivity index (χ3n) is 7.79. The minimum atomic E-state index is -4.39. The first-order valence-electron chi connectivity index (χ1n) is 12.5. The first-order chi connectivity index (χ1) is 15.6. The maximum atomic E-state index is 13.5. The molecule has 1 aromatic carbocycles. The Labute approximate surface area is 196 Å². The van der Waals surface area contributed by atoms with Crippen LogP contribution in [0.4, 0.5) is 18.9 Å². The number of nitrogens with zero attached hydrogens (tertiary/aromatic N) is 2. The van der Waals surface area contributed by atoms with Gasteiger partial charge in [0, 0.05) is 30.9 Å². The molecule has 1 aromatic rings. The number of carboxylic acids is 1. The Hall–Kier alpha value is -1.76. The highest BCUT2D eigenvalue weighted by atomic mass is 19.4. The molecule has 2 atom stereocenters. The molecule has 2 aliphatic rings. The maximum Gasteiger partial charge on any atom is 0.416 e. The van der Waals surface area contributed by atoms with Crippen LogP contribution < -0.4 is 4.90 Å². The molecule has 2 aliphatic heterocycles. The van der Waals surface area contributed by atoms with E-state index in [1.54, 1.807) is 6.07 Å². The van der Waals surface area contributed by atoms with E-state index >= 15 is 0 Å². The van der Waals surface area contributed by atoms with Crippen molar-refractivity contribution in [2.45, 2.75) is 89.8 Å². The third-order valence-corrected chi connectivity index (χ3v) is 7.79. The smallest absolute Gasteiger partial charge is 0.416 e. The summed E-state index contributed by atoms with van der Waals surface area (Å²) in [6.45, 7) is 9.56. The van der Waals surface area contributed by atoms with E-state index in [1.807, 2.05) is 4.90 Å². The molecule has 4 nitrogen and oxygen atoms in total. The summed E-state index contributed by atoms with van der Waals surface area (Å²) in [5.41, 5.74) is 1.13. The summed E-state index contributed by atoms with van der Waals surface area (Å²) in [6.07, 6.45) is 3.21. The molecular weight excluding hydrogens is 429 g/mol. The van der Waals surface area contributed by atoms with Crippen molar-refractivity contribution < 1.29 is 23.1 Å². The van der Waals surface area contributed by atoms with Crippen LogP contribution >= 0.6 is 0 Å². The van der Waals surface area contributed by atoms with Crippen LogP contribution in [0.3, 0.4) is 0 Å². The predicted molar refractivity (Wildman–Crippen MR) is 126 cm³/mol. The molecule has 2 saturated heterocycles. The topological polar surface area (TPSA) is 43.8 Å². The number of anilines is 1. The number of likely N-dealkylation sites (tertiary alicyclic amines) is 1. The van der Waals surface area contributed by atoms with Crippen LogP contribution in [0.15, 0.2) is 18.2 Å². The van der Waals surface area contributed by atoms with E-state index in [4.69, 9.17) is 0 Å². The van der Waals surface area contributed by atoms with Gasteiger partial charge in [-0.3, -0.25) is 9.69 Å². The SMILES string of the molecule is CCCC[C@](C)(CCC)N1CCC(c2ccc(C(F)(F)F)cc2N2CCC(C(=O)O)CC2)C1. The van der Waals surface area contributed by atoms with E-state index in [0.29, 0.717) is 31.6 Å². The van der Waals surface area contributed by atoms with Crippen molar-refractivity contribution in [3.8, 4) is 0 Å². The number of hydrogen-bond donors (Lipinski definition) is 1. The van der Waals surface area contributed by atoms with Gasteiger partial charge in [-0.1, -0.05) is 39.2 Å². The zero-order valence-corrected chi connectivity index (χ0v) is 20.3. The van der Waals surface area contributed by atoms with Gasteiger partial charge in [0.15, 0.2) is 0 Å². The first kappa shape index (κ1) is 25.9. The highest BCUT2D eigenvalue weighted by Crippen LogP contribution is 2.42. The molecular formula is C26H39F3N2O2. The standard InChI is InChI=1S/C26H39F3N2O2/c1-4-6-13-25(3,12-5-2)31-16-11-20(18-31)22-8-7-21(26(27,28)29)17-23(22)30-14-9-19(10-15-30)24(32)33/h7-8,17,19-20H,4-6,9-16,18H2,1-3H3,(H,32,33)/t20?,25-/m0/s1. The molecule has 0 amide bonds. The molecule has 0 radical (unpaired) electrons. The van der Waals surface area contributed by atoms with E-state index in [-0.39, 0.29) is 11.5 Å². The number of benzene rings is 1. The van der Waals surface area contributed by atoms with E-state index < -0.39 is 23.6 Å². The van der Waals surface area contributed by atoms with Gasteiger partial charge in [-0.05, 0) is 69.2 Å². The number of piperidine rings is 1. The van der Waals surface area contributed by atoms with Gasteiger partial charge < -0.3 is 10.0 Å². The van der Waals surface area contributed by atoms with Crippen LogP contribution in [0.25, 0.3) is 0 Å². The number of halogens is 3. The lowest BCUT2D eigenvalue weighted by Gasteiger charge is -2.40. The minimum Gasteiger partial charge on any atom is -0.481 e. The van der Waals surface area contributed by atoms with Crippen LogP contribution in [0.5, 0.6) is 0 Å². The molecule has 0 saturated carbocycles. The fourth-order valence-corrected chi connectivity index (χ4v) is 5.75. The van der Waals surface area contributed by atoms with Crippen molar-refractivity contribution in [1.82, 2.24) is 4.90 Å². The quantitative estimate of drug-likeness (QED) is 0.447. The Morgan fingerprint density at radius 2 is 1.76 bits per heavy atom. The Morgan fingerprint density at radius 1 is 1.06 bits per heavy atom. The average Bonchev–Trinajstić information content (AvgIpc) is 3.28. The second-order valence-corrected chi connectivity index (χ2v) is 10.2. The van der Waals surface area contributed by atoms with Crippen LogP contribution in [0, 0.1) is 5.92 Å². The molecule has 186 valence electrons. The van der Waals surface area contributed by atoms with Gasteiger partial charge in [0.25, 0.3) is 0 Å². The lowest BCUT2D eigenvalue weighted by molar-refractivity contribution is -0.142. The summed E-state index contributed by atoms with van der Waals surface area (Å²) in [7, 11) is 0. The number of unbranched alkanes of at least 4 members (excludes halogenated alkanes) is 1. The summed E-state index contributed by atoms with van der Waals surface area (Å²) in [5, 5.41) is 9.31. The van der Waals surface area contributed by atoms with Crippen LogP contribution in [0.1, 0.15) is 89.2 Å². The molecule has 0 aromatic heterocycles. The average molecular weight is 469 g/mol. The van der Waals surface area contributed by atoms with Gasteiger partial charge in [0.1, 0.15) is 0 Å². The van der Waals surface area contributed by atoms with Crippen LogP contribution in [-0.2, 0) is 11.0 Å². The number of alkyl halides is 3. The normalized spacial score (nSPS) is 22.5. The highest BCUT2D eigenvalue weighted by Gasteiger charge is 2.39. The number of rotatable bonds is 9. The lowest BCUT2D eigenvalue weighted by atomic mass is 9.88. The molecule has 2 heterocycles. The summed E-state index contributed by atoms with van der Waals surface area (Å²) >= 11 is 0. The van der Waals surface area contributed by atoms with Crippen molar-refractivity contribution in [3.05, 3.63) is 29.3 Å². The van der Waals surface area contributed by atoms with Gasteiger partial charge >= 0.3 is 12.1 Å². The lowest BCUT2D eigenvalue weighted by Crippen LogP contribution is -2.45. The van der Waals surface area contributed by atoms with Crippen LogP contribution in [-0.4, -0.2) is 47.7 Å². The fourth-order valence-electron chi connectivity index (χ4n) is 5.75. The maximum absolute atomic E-state index is 13.5. The zero-order valence-electron chi connectivity index (χ0n) is 20.3. The zero-order chi connectivity index (χ0) is 24.2. The fraction of sp³-hybridized carbons (Fsp3) is 0.731. The van der Waals surface area contributed by atoms with Gasteiger partial charge in [-0.15, -0.1) is 0 Å². The Kier molecular flexibility index (Phi) is 8.35. The Morgan fingerprint density at radius 3 is 2.33 bits per heavy atom. The minimum absolute atomic E-state index is 0.130. The van der Waals surface area contributed by atoms with E-state index in [1.165, 1.54) is 18.6 Å². The first-order valence-corrected chi connectivity index (χ1v) is 12.5. The van der Waals surface area contributed by atoms with Gasteiger partial charge in [-0.25, -0.2) is 0 Å². The van der Waals surface area contributed by atoms with E-state index in [9.17, 15) is 23.1 Å². The molecule has 0 aliphatic carbocycles. The summed E-state index contributed by atoms with van der Waals surface area (Å²) < 4.78 is 40.6. The molecule has 7 heteroatoms. The molecule has 0 spiro atoms. The second kappa shape index (κ2) is 10.7. The monoisotopic (exact) mass is 468 g/mol. The van der Waals surface area contributed by atoms with Gasteiger partial charge in [0.2, 0.25) is 0 Å². The van der Waals surface area contributed by atoms with Gasteiger partial charge in [-0.2, -0.15) is 13.2 Å². The number of aliphatic carboxylic acids is 1. The molecule has 1 N–H and O–H groups in total. The predicted octanol–water partition coefficient (Wildman–Crippen LogP) is 6.54. The Balaban J connectivity index is 1.86. The number of carboxylic acid groups (broad SMARTS) is 1. The molecule has 3 rings (SSSR count). The summed E-state index contributed by atoms with van der Waals surface area (Å²) in [5.74, 6) is -1.03. The van der Waals surface area contributed by atoms with Crippen molar-refractivity contribution >= 4 is 11.7 Å². The van der Waals surface area contributed by atoms with E-state index in [2.05, 4.69) is 25.7 Å². The Bertz CT molecular complexity index is 805. The molecule has 0 bridgehead atoms. The highest BCUT2D eigenvalue weighted by molar-refractivity contribution is 5.70. The molecule has 33 heavy (non-hydrogen) atoms. The van der Waals surface area contributed by atoms with E-state index in [0.717, 1.165) is 50.8 Å². The number of carbonyl (C=O) groups is 1. The van der Waals surface area contributed by atoms with Crippen molar-refractivity contribution in [2.24, 2.45) is 5.92 Å². The molecule has 1 unspecified atom stereocenters.